The van der Waals surface area contributed by atoms with Crippen molar-refractivity contribution in [1.82, 2.24) is 5.32 Å². The van der Waals surface area contributed by atoms with E-state index in [2.05, 4.69) is 36.5 Å². The number of hydrogen-bond acceptors (Lipinski definition) is 2. The minimum absolute atomic E-state index is 0.0212. The van der Waals surface area contributed by atoms with Crippen molar-refractivity contribution in [3.63, 3.8) is 0 Å². The van der Waals surface area contributed by atoms with Gasteiger partial charge in [0.15, 0.2) is 0 Å². The molecule has 0 aliphatic heterocycles. The molecule has 0 saturated heterocycles. The Morgan fingerprint density at radius 1 is 1.23 bits per heavy atom. The van der Waals surface area contributed by atoms with Crippen LogP contribution in [0.2, 0.25) is 5.02 Å². The van der Waals surface area contributed by atoms with Gasteiger partial charge in [-0.1, -0.05) is 41.4 Å². The molecule has 0 aliphatic carbocycles. The second kappa shape index (κ2) is 8.20. The molecule has 0 heterocycles. The summed E-state index contributed by atoms with van der Waals surface area (Å²) in [5.74, 6) is 0.655. The van der Waals surface area contributed by atoms with Crippen molar-refractivity contribution in [3.8, 4) is 0 Å². The Bertz CT molecular complexity index is 646. The van der Waals surface area contributed by atoms with Crippen LogP contribution in [0.4, 0.5) is 4.39 Å². The lowest BCUT2D eigenvalue weighted by molar-refractivity contribution is 0.0952. The summed E-state index contributed by atoms with van der Waals surface area (Å²) in [7, 11) is 0. The number of carbonyl (C=O) groups is 1. The van der Waals surface area contributed by atoms with E-state index in [4.69, 9.17) is 11.6 Å². The van der Waals surface area contributed by atoms with Gasteiger partial charge in [0.1, 0.15) is 5.82 Å². The lowest BCUT2D eigenvalue weighted by Gasteiger charge is -2.07. The van der Waals surface area contributed by atoms with Gasteiger partial charge < -0.3 is 5.32 Å². The maximum absolute atomic E-state index is 13.6. The summed E-state index contributed by atoms with van der Waals surface area (Å²) < 4.78 is 13.6. The molecule has 0 radical (unpaired) electrons. The summed E-state index contributed by atoms with van der Waals surface area (Å²) in [5, 5.41) is 2.99. The van der Waals surface area contributed by atoms with E-state index in [9.17, 15) is 9.18 Å². The monoisotopic (exact) mass is 337 g/mol. The molecule has 0 fully saturated rings. The number of aryl methyl sites for hydroxylation is 1. The number of hydrogen-bond donors (Lipinski definition) is 1. The fourth-order valence-corrected chi connectivity index (χ4v) is 2.86. The van der Waals surface area contributed by atoms with Gasteiger partial charge in [-0.25, -0.2) is 4.39 Å². The average molecular weight is 338 g/mol. The molecule has 0 spiro atoms. The number of carbonyl (C=O) groups excluding carboxylic acids is 1. The molecule has 0 bridgehead atoms. The van der Waals surface area contributed by atoms with Crippen LogP contribution in [0.1, 0.15) is 21.5 Å². The van der Waals surface area contributed by atoms with Gasteiger partial charge in [0.05, 0.1) is 5.56 Å². The Morgan fingerprint density at radius 3 is 2.64 bits per heavy atom. The Balaban J connectivity index is 1.72. The first-order valence-corrected chi connectivity index (χ1v) is 8.46. The van der Waals surface area contributed by atoms with Crippen molar-refractivity contribution < 1.29 is 9.18 Å². The second-order valence-corrected chi connectivity index (χ2v) is 6.46. The SMILES string of the molecule is Cc1ccc(CSCCNC(=O)c2ccc(Cl)cc2F)cc1. The van der Waals surface area contributed by atoms with Gasteiger partial charge in [-0.15, -0.1) is 0 Å². The van der Waals surface area contributed by atoms with E-state index in [1.807, 2.05) is 0 Å². The predicted molar refractivity (Wildman–Crippen MR) is 91.1 cm³/mol. The Labute approximate surface area is 139 Å². The highest BCUT2D eigenvalue weighted by atomic mass is 35.5. The first kappa shape index (κ1) is 16.8. The van der Waals surface area contributed by atoms with Gasteiger partial charge in [0.25, 0.3) is 5.91 Å². The molecule has 2 rings (SSSR count). The first-order chi connectivity index (χ1) is 10.6. The van der Waals surface area contributed by atoms with E-state index >= 15 is 0 Å². The third-order valence-corrected chi connectivity index (χ3v) is 4.36. The third kappa shape index (κ3) is 5.04. The molecule has 0 aromatic heterocycles. The molecule has 2 aromatic carbocycles. The standard InChI is InChI=1S/C17H17ClFNOS/c1-12-2-4-13(5-3-12)11-22-9-8-20-17(21)15-7-6-14(18)10-16(15)19/h2-7,10H,8-9,11H2,1H3,(H,20,21). The smallest absolute Gasteiger partial charge is 0.254 e. The molecule has 1 N–H and O–H groups in total. The lowest BCUT2D eigenvalue weighted by atomic mass is 10.2. The third-order valence-electron chi connectivity index (χ3n) is 3.10. The zero-order valence-electron chi connectivity index (χ0n) is 12.2. The number of nitrogens with one attached hydrogen (secondary N) is 1. The maximum Gasteiger partial charge on any atom is 0.254 e. The molecule has 0 unspecified atom stereocenters. The largest absolute Gasteiger partial charge is 0.351 e. The summed E-state index contributed by atoms with van der Waals surface area (Å²) >= 11 is 7.39. The summed E-state index contributed by atoms with van der Waals surface area (Å²) in [5.41, 5.74) is 2.52. The highest BCUT2D eigenvalue weighted by Crippen LogP contribution is 2.15. The van der Waals surface area contributed by atoms with E-state index < -0.39 is 11.7 Å². The van der Waals surface area contributed by atoms with Gasteiger partial charge in [-0.3, -0.25) is 4.79 Å². The Kier molecular flexibility index (Phi) is 6.28. The molecule has 5 heteroatoms. The van der Waals surface area contributed by atoms with Gasteiger partial charge in [0.2, 0.25) is 0 Å². The van der Waals surface area contributed by atoms with Crippen LogP contribution in [0.15, 0.2) is 42.5 Å². The predicted octanol–water partition coefficient (Wildman–Crippen LogP) is 4.45. The minimum atomic E-state index is -0.600. The molecule has 2 nitrogen and oxygen atoms in total. The number of benzene rings is 2. The van der Waals surface area contributed by atoms with Crippen LogP contribution in [-0.2, 0) is 5.75 Å². The topological polar surface area (TPSA) is 29.1 Å². The van der Waals surface area contributed by atoms with Crippen LogP contribution in [-0.4, -0.2) is 18.2 Å². The van der Waals surface area contributed by atoms with E-state index in [1.54, 1.807) is 11.8 Å². The zero-order chi connectivity index (χ0) is 15.9. The van der Waals surface area contributed by atoms with Gasteiger partial charge in [-0.2, -0.15) is 11.8 Å². The molecule has 116 valence electrons. The van der Waals surface area contributed by atoms with Crippen LogP contribution in [0.3, 0.4) is 0 Å². The summed E-state index contributed by atoms with van der Waals surface area (Å²) in [6, 6.07) is 12.4. The van der Waals surface area contributed by atoms with Crippen molar-refractivity contribution in [2.75, 3.05) is 12.3 Å². The number of rotatable bonds is 6. The van der Waals surface area contributed by atoms with Crippen LogP contribution in [0.25, 0.3) is 0 Å². The number of halogens is 2. The van der Waals surface area contributed by atoms with Crippen molar-refractivity contribution in [2.45, 2.75) is 12.7 Å². The highest BCUT2D eigenvalue weighted by Gasteiger charge is 2.11. The van der Waals surface area contributed by atoms with E-state index in [0.29, 0.717) is 6.54 Å². The summed E-state index contributed by atoms with van der Waals surface area (Å²) in [6.07, 6.45) is 0. The molecule has 22 heavy (non-hydrogen) atoms. The summed E-state index contributed by atoms with van der Waals surface area (Å²) in [4.78, 5) is 11.8. The molecular formula is C17H17ClFNOS. The molecule has 0 saturated carbocycles. The van der Waals surface area contributed by atoms with Gasteiger partial charge in [-0.05, 0) is 30.7 Å². The van der Waals surface area contributed by atoms with Crippen molar-refractivity contribution >= 4 is 29.3 Å². The van der Waals surface area contributed by atoms with Crippen LogP contribution in [0, 0.1) is 12.7 Å². The minimum Gasteiger partial charge on any atom is -0.351 e. The van der Waals surface area contributed by atoms with Crippen LogP contribution < -0.4 is 5.32 Å². The van der Waals surface area contributed by atoms with Crippen LogP contribution >= 0.6 is 23.4 Å². The molecular weight excluding hydrogens is 321 g/mol. The number of amides is 1. The van der Waals surface area contributed by atoms with E-state index in [0.717, 1.165) is 17.6 Å². The fourth-order valence-electron chi connectivity index (χ4n) is 1.88. The lowest BCUT2D eigenvalue weighted by Crippen LogP contribution is -2.26. The quantitative estimate of drug-likeness (QED) is 0.789. The van der Waals surface area contributed by atoms with E-state index in [1.165, 1.54) is 23.3 Å². The highest BCUT2D eigenvalue weighted by molar-refractivity contribution is 7.98. The van der Waals surface area contributed by atoms with Gasteiger partial charge >= 0.3 is 0 Å². The zero-order valence-corrected chi connectivity index (χ0v) is 13.8. The van der Waals surface area contributed by atoms with Crippen molar-refractivity contribution in [2.24, 2.45) is 0 Å². The molecule has 0 aliphatic rings. The normalized spacial score (nSPS) is 10.5. The Morgan fingerprint density at radius 2 is 1.95 bits per heavy atom. The Hall–Kier alpha value is -1.52. The second-order valence-electron chi connectivity index (χ2n) is 4.92. The van der Waals surface area contributed by atoms with E-state index in [-0.39, 0.29) is 10.6 Å². The molecule has 1 amide bonds. The first-order valence-electron chi connectivity index (χ1n) is 6.93. The fraction of sp³-hybridized carbons (Fsp3) is 0.235. The average Bonchev–Trinajstić information content (AvgIpc) is 2.48. The van der Waals surface area contributed by atoms with Crippen molar-refractivity contribution in [1.29, 1.82) is 0 Å². The number of thioether (sulfide) groups is 1. The van der Waals surface area contributed by atoms with Crippen LogP contribution in [0.5, 0.6) is 0 Å². The summed E-state index contributed by atoms with van der Waals surface area (Å²) in [6.45, 7) is 2.56. The molecule has 0 atom stereocenters. The van der Waals surface area contributed by atoms with Gasteiger partial charge in [0, 0.05) is 23.1 Å². The molecule has 2 aromatic rings. The van der Waals surface area contributed by atoms with Crippen molar-refractivity contribution in [3.05, 3.63) is 70.0 Å². The maximum atomic E-state index is 13.6.